The molecule has 0 bridgehead atoms. The molecule has 1 aliphatic heterocycles. The summed E-state index contributed by atoms with van der Waals surface area (Å²) in [6, 6.07) is 7.85. The molecule has 7 heteroatoms. The summed E-state index contributed by atoms with van der Waals surface area (Å²) in [7, 11) is 0. The Labute approximate surface area is 157 Å². The molecule has 1 aromatic heterocycles. The first-order valence-electron chi connectivity index (χ1n) is 8.64. The third-order valence-electron chi connectivity index (χ3n) is 4.43. The lowest BCUT2D eigenvalue weighted by atomic mass is 10.2. The van der Waals surface area contributed by atoms with Crippen LogP contribution in [0.15, 0.2) is 24.3 Å². The Morgan fingerprint density at radius 2 is 1.69 bits per heavy atom. The highest BCUT2D eigenvalue weighted by molar-refractivity contribution is 7.13. The Bertz CT molecular complexity index is 793. The van der Waals surface area contributed by atoms with Crippen molar-refractivity contribution in [3.63, 3.8) is 0 Å². The minimum Gasteiger partial charge on any atom is -0.486 e. The molecule has 2 aromatic rings. The Hall–Kier alpha value is -2.41. The fourth-order valence-electron chi connectivity index (χ4n) is 2.86. The van der Waals surface area contributed by atoms with Gasteiger partial charge in [0.1, 0.15) is 22.2 Å². The molecular weight excluding hydrogens is 350 g/mol. The van der Waals surface area contributed by atoms with Gasteiger partial charge in [-0.25, -0.2) is 4.98 Å². The third kappa shape index (κ3) is 4.22. The van der Waals surface area contributed by atoms with Gasteiger partial charge in [-0.2, -0.15) is 0 Å². The number of carbonyl (C=O) groups excluding carboxylic acids is 2. The highest BCUT2D eigenvalue weighted by Crippen LogP contribution is 2.22. The van der Waals surface area contributed by atoms with E-state index in [2.05, 4.69) is 4.98 Å². The van der Waals surface area contributed by atoms with Gasteiger partial charge in [0.25, 0.3) is 5.91 Å². The van der Waals surface area contributed by atoms with Gasteiger partial charge in [-0.05, 0) is 26.0 Å². The maximum Gasteiger partial charge on any atom is 0.265 e. The van der Waals surface area contributed by atoms with Crippen molar-refractivity contribution < 1.29 is 14.3 Å². The number of carbonyl (C=O) groups is 2. The van der Waals surface area contributed by atoms with Crippen molar-refractivity contribution in [3.05, 3.63) is 45.4 Å². The van der Waals surface area contributed by atoms with Crippen LogP contribution < -0.4 is 4.74 Å². The normalized spacial score (nSPS) is 14.4. The molecule has 1 aromatic carbocycles. The molecular formula is C19H23N3O3S. The number of aryl methyl sites for hydroxylation is 2. The first-order valence-corrected chi connectivity index (χ1v) is 9.46. The van der Waals surface area contributed by atoms with Crippen molar-refractivity contribution in [1.82, 2.24) is 14.8 Å². The number of thiazole rings is 1. The van der Waals surface area contributed by atoms with E-state index in [1.165, 1.54) is 16.9 Å². The summed E-state index contributed by atoms with van der Waals surface area (Å²) in [6.07, 6.45) is 0. The highest BCUT2D eigenvalue weighted by atomic mass is 32.1. The molecule has 0 unspecified atom stereocenters. The van der Waals surface area contributed by atoms with E-state index >= 15 is 0 Å². The SMILES string of the molecule is CC(=O)N1CCN(C(=O)c2sc(COc3ccc(C)cc3)nc2C)CC1. The molecule has 0 N–H and O–H groups in total. The van der Waals surface area contributed by atoms with E-state index in [1.807, 2.05) is 38.1 Å². The molecule has 1 saturated heterocycles. The van der Waals surface area contributed by atoms with Crippen molar-refractivity contribution in [2.45, 2.75) is 27.4 Å². The number of hydrogen-bond donors (Lipinski definition) is 0. The zero-order valence-electron chi connectivity index (χ0n) is 15.3. The van der Waals surface area contributed by atoms with Crippen LogP contribution in [0.25, 0.3) is 0 Å². The summed E-state index contributed by atoms with van der Waals surface area (Å²) in [5, 5.41) is 0.786. The van der Waals surface area contributed by atoms with Crippen LogP contribution in [0.1, 0.15) is 32.9 Å². The molecule has 6 nitrogen and oxygen atoms in total. The highest BCUT2D eigenvalue weighted by Gasteiger charge is 2.26. The van der Waals surface area contributed by atoms with E-state index in [9.17, 15) is 9.59 Å². The molecule has 26 heavy (non-hydrogen) atoms. The van der Waals surface area contributed by atoms with E-state index in [-0.39, 0.29) is 11.8 Å². The maximum absolute atomic E-state index is 12.8. The van der Waals surface area contributed by atoms with Gasteiger partial charge in [-0.3, -0.25) is 9.59 Å². The molecule has 0 saturated carbocycles. The number of amides is 2. The minimum atomic E-state index is -0.00946. The van der Waals surface area contributed by atoms with E-state index in [0.29, 0.717) is 37.7 Å². The molecule has 1 aliphatic rings. The van der Waals surface area contributed by atoms with Crippen LogP contribution >= 0.6 is 11.3 Å². The fraction of sp³-hybridized carbons (Fsp3) is 0.421. The number of hydrogen-bond acceptors (Lipinski definition) is 5. The summed E-state index contributed by atoms with van der Waals surface area (Å²) in [5.74, 6) is 0.836. The predicted molar refractivity (Wildman–Crippen MR) is 101 cm³/mol. The molecule has 0 aliphatic carbocycles. The number of benzene rings is 1. The summed E-state index contributed by atoms with van der Waals surface area (Å²) in [4.78, 5) is 32.9. The van der Waals surface area contributed by atoms with Crippen molar-refractivity contribution in [3.8, 4) is 5.75 Å². The van der Waals surface area contributed by atoms with Crippen LogP contribution in [0.2, 0.25) is 0 Å². The second-order valence-electron chi connectivity index (χ2n) is 6.42. The van der Waals surface area contributed by atoms with E-state index in [1.54, 1.807) is 16.7 Å². The third-order valence-corrected chi connectivity index (χ3v) is 5.55. The predicted octanol–water partition coefficient (Wildman–Crippen LogP) is 2.64. The van der Waals surface area contributed by atoms with Gasteiger partial charge in [0.2, 0.25) is 5.91 Å². The smallest absolute Gasteiger partial charge is 0.265 e. The number of piperazine rings is 1. The largest absolute Gasteiger partial charge is 0.486 e. The van der Waals surface area contributed by atoms with Crippen LogP contribution in [-0.2, 0) is 11.4 Å². The fourth-order valence-corrected chi connectivity index (χ4v) is 3.81. The van der Waals surface area contributed by atoms with Gasteiger partial charge >= 0.3 is 0 Å². The number of nitrogens with zero attached hydrogens (tertiary/aromatic N) is 3. The van der Waals surface area contributed by atoms with Gasteiger partial charge in [0.15, 0.2) is 0 Å². The Morgan fingerprint density at radius 3 is 2.31 bits per heavy atom. The lowest BCUT2D eigenvalue weighted by Crippen LogP contribution is -2.50. The number of ether oxygens (including phenoxy) is 1. The summed E-state index contributed by atoms with van der Waals surface area (Å²) in [6.45, 7) is 8.08. The van der Waals surface area contributed by atoms with Crippen molar-refractivity contribution in [2.75, 3.05) is 26.2 Å². The van der Waals surface area contributed by atoms with Crippen molar-refractivity contribution in [1.29, 1.82) is 0 Å². The molecule has 0 spiro atoms. The van der Waals surface area contributed by atoms with Crippen LogP contribution in [-0.4, -0.2) is 52.8 Å². The van der Waals surface area contributed by atoms with E-state index in [4.69, 9.17) is 4.74 Å². The maximum atomic E-state index is 12.8. The standard InChI is InChI=1S/C19H23N3O3S/c1-13-4-6-16(7-5-13)25-12-17-20-14(2)18(26-17)19(24)22-10-8-21(9-11-22)15(3)23/h4-7H,8-12H2,1-3H3. The summed E-state index contributed by atoms with van der Waals surface area (Å²) >= 11 is 1.38. The van der Waals surface area contributed by atoms with Gasteiger partial charge in [-0.1, -0.05) is 17.7 Å². The number of aromatic nitrogens is 1. The Kier molecular flexibility index (Phi) is 5.56. The van der Waals surface area contributed by atoms with E-state index < -0.39 is 0 Å². The monoisotopic (exact) mass is 373 g/mol. The molecule has 0 radical (unpaired) electrons. The average Bonchev–Trinajstić information content (AvgIpc) is 3.01. The van der Waals surface area contributed by atoms with Gasteiger partial charge in [0, 0.05) is 33.1 Å². The molecule has 3 rings (SSSR count). The summed E-state index contributed by atoms with van der Waals surface area (Å²) in [5.41, 5.74) is 1.91. The Morgan fingerprint density at radius 1 is 1.08 bits per heavy atom. The first-order chi connectivity index (χ1) is 12.4. The van der Waals surface area contributed by atoms with Crippen LogP contribution in [0.5, 0.6) is 5.75 Å². The zero-order valence-corrected chi connectivity index (χ0v) is 16.1. The summed E-state index contributed by atoms with van der Waals surface area (Å²) < 4.78 is 5.76. The van der Waals surface area contributed by atoms with Crippen LogP contribution in [0.3, 0.4) is 0 Å². The Balaban J connectivity index is 1.61. The second kappa shape index (κ2) is 7.86. The average molecular weight is 373 g/mol. The number of rotatable bonds is 4. The van der Waals surface area contributed by atoms with Gasteiger partial charge in [0.05, 0.1) is 5.69 Å². The molecule has 138 valence electrons. The second-order valence-corrected chi connectivity index (χ2v) is 7.51. The lowest BCUT2D eigenvalue weighted by molar-refractivity contribution is -0.130. The van der Waals surface area contributed by atoms with Crippen LogP contribution in [0, 0.1) is 13.8 Å². The molecule has 0 atom stereocenters. The van der Waals surface area contributed by atoms with Gasteiger partial charge in [-0.15, -0.1) is 11.3 Å². The zero-order chi connectivity index (χ0) is 18.7. The lowest BCUT2D eigenvalue weighted by Gasteiger charge is -2.34. The van der Waals surface area contributed by atoms with Crippen molar-refractivity contribution >= 4 is 23.2 Å². The van der Waals surface area contributed by atoms with Crippen LogP contribution in [0.4, 0.5) is 0 Å². The van der Waals surface area contributed by atoms with E-state index in [0.717, 1.165) is 16.5 Å². The van der Waals surface area contributed by atoms with Gasteiger partial charge < -0.3 is 14.5 Å². The molecule has 2 heterocycles. The van der Waals surface area contributed by atoms with Crippen molar-refractivity contribution in [2.24, 2.45) is 0 Å². The minimum absolute atomic E-state index is 0.00946. The first kappa shape index (κ1) is 18.4. The topological polar surface area (TPSA) is 62.7 Å². The molecule has 2 amide bonds. The molecule has 1 fully saturated rings. The quantitative estimate of drug-likeness (QED) is 0.827.